The van der Waals surface area contributed by atoms with E-state index in [1.807, 2.05) is 62.5 Å². The first-order chi connectivity index (χ1) is 17.3. The fourth-order valence-corrected chi connectivity index (χ4v) is 5.92. The zero-order chi connectivity index (χ0) is 25.3. The van der Waals surface area contributed by atoms with Crippen molar-refractivity contribution >= 4 is 42.4 Å². The van der Waals surface area contributed by atoms with Gasteiger partial charge in [0.15, 0.2) is 0 Å². The summed E-state index contributed by atoms with van der Waals surface area (Å²) >= 11 is 0.309. The van der Waals surface area contributed by atoms with Crippen molar-refractivity contribution in [1.29, 1.82) is 0 Å². The van der Waals surface area contributed by atoms with Gasteiger partial charge in [-0.1, -0.05) is 24.3 Å². The van der Waals surface area contributed by atoms with Gasteiger partial charge in [-0.05, 0) is 0 Å². The molecule has 0 radical (unpaired) electrons. The molecule has 36 heavy (non-hydrogen) atoms. The number of anilines is 1. The molecule has 0 amide bonds. The third kappa shape index (κ3) is 4.55. The summed E-state index contributed by atoms with van der Waals surface area (Å²) in [5.74, 6) is -0.286. The summed E-state index contributed by atoms with van der Waals surface area (Å²) in [6.07, 6.45) is 1.83. The SMILES string of the molecule is CC1(C)OC2=C(C(=O)c3ccccc3C2=O)C1Nc1cccc(/C(N)=C/NC[Se]c2ccccc2)c1. The Bertz CT molecular complexity index is 1400. The fraction of sp³-hybridized carbons (Fsp3) is 0.172. The molecule has 182 valence electrons. The van der Waals surface area contributed by atoms with Crippen LogP contribution in [-0.2, 0) is 4.74 Å². The minimum atomic E-state index is -0.795. The number of hydrogen-bond donors (Lipinski definition) is 3. The molecule has 0 bridgehead atoms. The maximum atomic E-state index is 13.4. The van der Waals surface area contributed by atoms with Gasteiger partial charge in [-0.15, -0.1) is 0 Å². The first-order valence-electron chi connectivity index (χ1n) is 11.7. The van der Waals surface area contributed by atoms with Crippen LogP contribution in [0.5, 0.6) is 0 Å². The van der Waals surface area contributed by atoms with Crippen LogP contribution in [0.15, 0.2) is 96.4 Å². The summed E-state index contributed by atoms with van der Waals surface area (Å²) in [6.45, 7) is 3.76. The van der Waals surface area contributed by atoms with Gasteiger partial charge in [0.1, 0.15) is 0 Å². The summed E-state index contributed by atoms with van der Waals surface area (Å²) in [6, 6.07) is 24.5. The summed E-state index contributed by atoms with van der Waals surface area (Å²) in [7, 11) is 0. The molecule has 2 aliphatic rings. The predicted octanol–water partition coefficient (Wildman–Crippen LogP) is 3.44. The van der Waals surface area contributed by atoms with Gasteiger partial charge in [-0.3, -0.25) is 4.79 Å². The number of allylic oxidation sites excluding steroid dienone is 1. The number of carbonyl (C=O) groups is 2. The van der Waals surface area contributed by atoms with Crippen molar-refractivity contribution < 1.29 is 14.3 Å². The van der Waals surface area contributed by atoms with Crippen LogP contribution in [-0.4, -0.2) is 43.6 Å². The van der Waals surface area contributed by atoms with Gasteiger partial charge in [0.25, 0.3) is 0 Å². The van der Waals surface area contributed by atoms with Crippen LogP contribution in [0.1, 0.15) is 40.1 Å². The second kappa shape index (κ2) is 9.69. The summed E-state index contributed by atoms with van der Waals surface area (Å²) in [5, 5.41) is 6.75. The van der Waals surface area contributed by atoms with Gasteiger partial charge >= 0.3 is 182 Å². The van der Waals surface area contributed by atoms with Crippen molar-refractivity contribution in [2.75, 3.05) is 10.8 Å². The van der Waals surface area contributed by atoms with E-state index >= 15 is 0 Å². The Kier molecular flexibility index (Phi) is 6.44. The molecule has 1 aliphatic carbocycles. The van der Waals surface area contributed by atoms with E-state index in [1.54, 1.807) is 24.3 Å². The molecule has 0 spiro atoms. The van der Waals surface area contributed by atoms with Gasteiger partial charge in [0, 0.05) is 5.56 Å². The molecule has 1 heterocycles. The van der Waals surface area contributed by atoms with E-state index in [4.69, 9.17) is 10.5 Å². The van der Waals surface area contributed by atoms with E-state index in [1.165, 1.54) is 4.46 Å². The van der Waals surface area contributed by atoms with Crippen LogP contribution < -0.4 is 20.8 Å². The number of nitrogens with two attached hydrogens (primary N) is 1. The number of carbonyl (C=O) groups excluding carboxylic acids is 2. The van der Waals surface area contributed by atoms with Crippen molar-refractivity contribution in [3.63, 3.8) is 0 Å². The van der Waals surface area contributed by atoms with Gasteiger partial charge in [-0.25, -0.2) is 0 Å². The molecule has 5 rings (SSSR count). The van der Waals surface area contributed by atoms with E-state index < -0.39 is 11.6 Å². The van der Waals surface area contributed by atoms with E-state index in [2.05, 4.69) is 22.8 Å². The zero-order valence-electron chi connectivity index (χ0n) is 20.1. The number of fused-ring (bicyclic) bond motifs is 1. The second-order valence-corrected chi connectivity index (χ2v) is 11.4. The first kappa shape index (κ1) is 23.9. The van der Waals surface area contributed by atoms with Gasteiger partial charge in [-0.2, -0.15) is 0 Å². The molecular weight excluding hydrogens is 517 g/mol. The number of nitrogens with one attached hydrogen (secondary N) is 2. The normalized spacial score (nSPS) is 18.4. The van der Waals surface area contributed by atoms with Crippen LogP contribution in [0.3, 0.4) is 0 Å². The van der Waals surface area contributed by atoms with Crippen LogP contribution in [0.25, 0.3) is 5.70 Å². The van der Waals surface area contributed by atoms with Gasteiger partial charge in [0.05, 0.1) is 0 Å². The number of hydrogen-bond acceptors (Lipinski definition) is 6. The van der Waals surface area contributed by atoms with E-state index in [-0.39, 0.29) is 17.3 Å². The van der Waals surface area contributed by atoms with E-state index in [0.717, 1.165) is 16.7 Å². The van der Waals surface area contributed by atoms with E-state index in [0.29, 0.717) is 37.4 Å². The fourth-order valence-electron chi connectivity index (χ4n) is 4.48. The van der Waals surface area contributed by atoms with Crippen molar-refractivity contribution in [3.8, 4) is 0 Å². The summed E-state index contributed by atoms with van der Waals surface area (Å²) < 4.78 is 7.38. The van der Waals surface area contributed by atoms with Crippen molar-refractivity contribution in [2.24, 2.45) is 5.73 Å². The number of ether oxygens (including phenoxy) is 1. The van der Waals surface area contributed by atoms with Crippen molar-refractivity contribution in [3.05, 3.63) is 113 Å². The molecule has 0 saturated heterocycles. The Morgan fingerprint density at radius 1 is 0.972 bits per heavy atom. The molecule has 3 aromatic rings. The van der Waals surface area contributed by atoms with Crippen molar-refractivity contribution in [2.45, 2.75) is 25.5 Å². The number of Topliss-reactive ketones (excluding diaryl/α,β-unsaturated/α-hetero) is 2. The van der Waals surface area contributed by atoms with Crippen LogP contribution in [0, 0.1) is 0 Å². The molecule has 7 heteroatoms. The number of ketones is 2. The third-order valence-corrected chi connectivity index (χ3v) is 8.21. The summed E-state index contributed by atoms with van der Waals surface area (Å²) in [4.78, 5) is 26.5. The quantitative estimate of drug-likeness (QED) is 0.312. The first-order valence-corrected chi connectivity index (χ1v) is 13.8. The standard InChI is InChI=1S/C29H27N3O3Se/c1-29(2)28(24-25(33)21-13-6-7-14-22(21)26(34)27(24)35-29)32-19-10-8-9-18(15-19)23(30)16-31-17-36-20-11-4-3-5-12-20/h3-16,28,31-32H,17,30H2,1-2H3/b23-16-. The predicted molar refractivity (Wildman–Crippen MR) is 143 cm³/mol. The van der Waals surface area contributed by atoms with Gasteiger partial charge in [0.2, 0.25) is 0 Å². The van der Waals surface area contributed by atoms with E-state index in [9.17, 15) is 9.59 Å². The Hall–Kier alpha value is -3.80. The van der Waals surface area contributed by atoms with Crippen LogP contribution in [0.2, 0.25) is 0 Å². The second-order valence-electron chi connectivity index (χ2n) is 9.22. The van der Waals surface area contributed by atoms with Crippen LogP contribution in [0.4, 0.5) is 5.69 Å². The minimum absolute atomic E-state index is 0.140. The molecule has 0 fully saturated rings. The molecule has 3 aromatic carbocycles. The summed E-state index contributed by atoms with van der Waals surface area (Å²) in [5.41, 5.74) is 9.81. The average molecular weight is 545 g/mol. The van der Waals surface area contributed by atoms with Gasteiger partial charge < -0.3 is 0 Å². The maximum absolute atomic E-state index is 13.4. The molecule has 1 atom stereocenters. The molecule has 1 aliphatic heterocycles. The molecule has 4 N–H and O–H groups in total. The average Bonchev–Trinajstić information content (AvgIpc) is 3.16. The Morgan fingerprint density at radius 3 is 2.42 bits per heavy atom. The Morgan fingerprint density at radius 2 is 1.67 bits per heavy atom. The molecule has 0 aromatic heterocycles. The molecule has 0 saturated carbocycles. The zero-order valence-corrected chi connectivity index (χ0v) is 21.8. The Balaban J connectivity index is 1.33. The topological polar surface area (TPSA) is 93.5 Å². The molecule has 6 nitrogen and oxygen atoms in total. The number of rotatable bonds is 7. The monoisotopic (exact) mass is 545 g/mol. The van der Waals surface area contributed by atoms with Crippen LogP contribution >= 0.6 is 0 Å². The number of benzene rings is 3. The van der Waals surface area contributed by atoms with Crippen molar-refractivity contribution in [1.82, 2.24) is 5.32 Å². The Labute approximate surface area is 216 Å². The molecular formula is C29H27N3O3Se. The molecule has 1 unspecified atom stereocenters. The third-order valence-electron chi connectivity index (χ3n) is 6.29.